The minimum absolute atomic E-state index is 0.318. The van der Waals surface area contributed by atoms with Crippen molar-refractivity contribution in [3.63, 3.8) is 0 Å². The molecule has 1 aliphatic heterocycles. The number of ether oxygens (including phenoxy) is 1. The topological polar surface area (TPSA) is 12.5 Å². The fourth-order valence-electron chi connectivity index (χ4n) is 2.62. The first kappa shape index (κ1) is 15.0. The van der Waals surface area contributed by atoms with Gasteiger partial charge in [-0.2, -0.15) is 0 Å². The molecule has 2 atom stereocenters. The van der Waals surface area contributed by atoms with E-state index in [0.717, 1.165) is 25.0 Å². The molecule has 106 valence electrons. The predicted molar refractivity (Wildman–Crippen MR) is 83.9 cm³/mol. The zero-order valence-electron chi connectivity index (χ0n) is 12.1. The van der Waals surface area contributed by atoms with E-state index in [0.29, 0.717) is 18.1 Å². The number of morpholine rings is 1. The van der Waals surface area contributed by atoms with Crippen LogP contribution in [0.3, 0.4) is 0 Å². The third kappa shape index (κ3) is 4.30. The second-order valence-corrected chi connectivity index (χ2v) is 6.46. The molecule has 2 unspecified atom stereocenters. The van der Waals surface area contributed by atoms with Crippen molar-refractivity contribution in [2.75, 3.05) is 18.4 Å². The fourth-order valence-corrected chi connectivity index (χ4v) is 2.98. The van der Waals surface area contributed by atoms with Crippen LogP contribution in [-0.2, 0) is 11.3 Å². The number of alkyl halides is 1. The van der Waals surface area contributed by atoms with E-state index < -0.39 is 0 Å². The number of hydrogen-bond acceptors (Lipinski definition) is 2. The molecule has 1 aromatic rings. The summed E-state index contributed by atoms with van der Waals surface area (Å²) in [5.41, 5.74) is 2.81. The molecule has 0 saturated carbocycles. The molecule has 0 amide bonds. The monoisotopic (exact) mass is 325 g/mol. The van der Waals surface area contributed by atoms with Crippen molar-refractivity contribution in [1.29, 1.82) is 0 Å². The number of rotatable bonds is 4. The van der Waals surface area contributed by atoms with Crippen molar-refractivity contribution >= 4 is 15.9 Å². The lowest BCUT2D eigenvalue weighted by molar-refractivity contribution is -0.0678. The van der Waals surface area contributed by atoms with Crippen LogP contribution in [0, 0.1) is 0 Å². The van der Waals surface area contributed by atoms with Gasteiger partial charge in [0.25, 0.3) is 0 Å². The van der Waals surface area contributed by atoms with E-state index >= 15 is 0 Å². The summed E-state index contributed by atoms with van der Waals surface area (Å²) < 4.78 is 5.87. The van der Waals surface area contributed by atoms with Crippen LogP contribution in [0.15, 0.2) is 24.3 Å². The van der Waals surface area contributed by atoms with Gasteiger partial charge in [-0.05, 0) is 24.0 Å². The quantitative estimate of drug-likeness (QED) is 0.781. The summed E-state index contributed by atoms with van der Waals surface area (Å²) in [7, 11) is 0. The summed E-state index contributed by atoms with van der Waals surface area (Å²) in [6.45, 7) is 9.69. The summed E-state index contributed by atoms with van der Waals surface area (Å²) in [5, 5.41) is 0.917. The van der Waals surface area contributed by atoms with E-state index in [1.54, 1.807) is 0 Å². The minimum atomic E-state index is 0.318. The molecule has 1 aromatic carbocycles. The summed E-state index contributed by atoms with van der Waals surface area (Å²) in [6, 6.07) is 9.04. The van der Waals surface area contributed by atoms with Gasteiger partial charge in [-0.1, -0.05) is 54.0 Å². The molecule has 1 heterocycles. The first-order chi connectivity index (χ1) is 9.08. The largest absolute Gasteiger partial charge is 0.372 e. The second kappa shape index (κ2) is 6.87. The third-order valence-corrected chi connectivity index (χ3v) is 4.35. The summed E-state index contributed by atoms with van der Waals surface area (Å²) in [5.74, 6) is 0.607. The zero-order chi connectivity index (χ0) is 13.8. The standard InChI is InChI=1S/C16H24BrNO/c1-12(2)15-6-4-14(5-7-15)10-18-9-13(3)19-16(8-17)11-18/h4-7,12-13,16H,8-11H2,1-3H3. The van der Waals surface area contributed by atoms with Crippen molar-refractivity contribution in [1.82, 2.24) is 4.90 Å². The molecule has 0 spiro atoms. The van der Waals surface area contributed by atoms with Crippen LogP contribution in [0.1, 0.15) is 37.8 Å². The zero-order valence-corrected chi connectivity index (χ0v) is 13.7. The summed E-state index contributed by atoms with van der Waals surface area (Å²) in [6.07, 6.45) is 0.643. The molecular formula is C16H24BrNO. The first-order valence-corrected chi connectivity index (χ1v) is 8.23. The second-order valence-electron chi connectivity index (χ2n) is 5.81. The fraction of sp³-hybridized carbons (Fsp3) is 0.625. The van der Waals surface area contributed by atoms with Crippen molar-refractivity contribution in [2.24, 2.45) is 0 Å². The Labute approximate surface area is 125 Å². The van der Waals surface area contributed by atoms with E-state index in [4.69, 9.17) is 4.74 Å². The first-order valence-electron chi connectivity index (χ1n) is 7.11. The molecule has 1 aliphatic rings. The molecule has 1 fully saturated rings. The van der Waals surface area contributed by atoms with Crippen LogP contribution >= 0.6 is 15.9 Å². The molecule has 2 rings (SSSR count). The van der Waals surface area contributed by atoms with Gasteiger partial charge in [-0.15, -0.1) is 0 Å². The summed E-state index contributed by atoms with van der Waals surface area (Å²) in [4.78, 5) is 2.49. The highest BCUT2D eigenvalue weighted by Crippen LogP contribution is 2.18. The Kier molecular flexibility index (Phi) is 5.43. The Bertz CT molecular complexity index is 390. The molecule has 0 aliphatic carbocycles. The number of nitrogens with zero attached hydrogens (tertiary/aromatic N) is 1. The van der Waals surface area contributed by atoms with Gasteiger partial charge in [0.2, 0.25) is 0 Å². The van der Waals surface area contributed by atoms with Crippen LogP contribution in [0.5, 0.6) is 0 Å². The molecule has 1 saturated heterocycles. The van der Waals surface area contributed by atoms with Crippen molar-refractivity contribution in [3.05, 3.63) is 35.4 Å². The van der Waals surface area contributed by atoms with E-state index in [9.17, 15) is 0 Å². The van der Waals surface area contributed by atoms with Crippen LogP contribution < -0.4 is 0 Å². The number of hydrogen-bond donors (Lipinski definition) is 0. The van der Waals surface area contributed by atoms with E-state index in [1.807, 2.05) is 0 Å². The lowest BCUT2D eigenvalue weighted by atomic mass is 10.0. The molecule has 0 bridgehead atoms. The van der Waals surface area contributed by atoms with Gasteiger partial charge >= 0.3 is 0 Å². The van der Waals surface area contributed by atoms with E-state index in [-0.39, 0.29) is 0 Å². The molecule has 19 heavy (non-hydrogen) atoms. The average molecular weight is 326 g/mol. The molecule has 3 heteroatoms. The van der Waals surface area contributed by atoms with Crippen LogP contribution in [-0.4, -0.2) is 35.5 Å². The lowest BCUT2D eigenvalue weighted by Crippen LogP contribution is -2.46. The highest BCUT2D eigenvalue weighted by atomic mass is 79.9. The molecule has 0 aromatic heterocycles. The molecule has 2 nitrogen and oxygen atoms in total. The number of halogens is 1. The maximum atomic E-state index is 5.87. The van der Waals surface area contributed by atoms with Gasteiger partial charge in [-0.3, -0.25) is 4.90 Å². The minimum Gasteiger partial charge on any atom is -0.372 e. The molecule has 0 N–H and O–H groups in total. The number of benzene rings is 1. The average Bonchev–Trinajstić information content (AvgIpc) is 2.38. The maximum Gasteiger partial charge on any atom is 0.0802 e. The highest BCUT2D eigenvalue weighted by molar-refractivity contribution is 9.09. The SMILES string of the molecule is CC1CN(Cc2ccc(C(C)C)cc2)CC(CBr)O1. The van der Waals surface area contributed by atoms with Gasteiger partial charge in [0.1, 0.15) is 0 Å². The van der Waals surface area contributed by atoms with E-state index in [1.165, 1.54) is 11.1 Å². The summed E-state index contributed by atoms with van der Waals surface area (Å²) >= 11 is 3.53. The van der Waals surface area contributed by atoms with Gasteiger partial charge in [0.05, 0.1) is 12.2 Å². The Balaban J connectivity index is 1.96. The third-order valence-electron chi connectivity index (χ3n) is 3.63. The Morgan fingerprint density at radius 3 is 2.53 bits per heavy atom. The van der Waals surface area contributed by atoms with Crippen LogP contribution in [0.2, 0.25) is 0 Å². The van der Waals surface area contributed by atoms with Crippen molar-refractivity contribution in [3.8, 4) is 0 Å². The van der Waals surface area contributed by atoms with Gasteiger partial charge in [-0.25, -0.2) is 0 Å². The highest BCUT2D eigenvalue weighted by Gasteiger charge is 2.24. The Hall–Kier alpha value is -0.380. The Morgan fingerprint density at radius 1 is 1.26 bits per heavy atom. The van der Waals surface area contributed by atoms with E-state index in [2.05, 4.69) is 65.9 Å². The smallest absolute Gasteiger partial charge is 0.0802 e. The van der Waals surface area contributed by atoms with Crippen molar-refractivity contribution in [2.45, 2.75) is 45.4 Å². The van der Waals surface area contributed by atoms with Crippen molar-refractivity contribution < 1.29 is 4.74 Å². The van der Waals surface area contributed by atoms with Gasteiger partial charge in [0.15, 0.2) is 0 Å². The van der Waals surface area contributed by atoms with Crippen LogP contribution in [0.4, 0.5) is 0 Å². The van der Waals surface area contributed by atoms with Crippen LogP contribution in [0.25, 0.3) is 0 Å². The molecule has 0 radical (unpaired) electrons. The predicted octanol–water partition coefficient (Wildman–Crippen LogP) is 3.79. The molecular weight excluding hydrogens is 302 g/mol. The lowest BCUT2D eigenvalue weighted by Gasteiger charge is -2.36. The Morgan fingerprint density at radius 2 is 1.95 bits per heavy atom. The maximum absolute atomic E-state index is 5.87. The van der Waals surface area contributed by atoms with Gasteiger partial charge < -0.3 is 4.74 Å². The van der Waals surface area contributed by atoms with Gasteiger partial charge in [0, 0.05) is 25.0 Å². The normalized spacial score (nSPS) is 24.9.